The van der Waals surface area contributed by atoms with Gasteiger partial charge in [0.05, 0.1) is 13.2 Å². The lowest BCUT2D eigenvalue weighted by Gasteiger charge is -2.38. The molecule has 2 saturated heterocycles. The van der Waals surface area contributed by atoms with E-state index in [4.69, 9.17) is 4.74 Å². The third kappa shape index (κ3) is 5.31. The van der Waals surface area contributed by atoms with Crippen molar-refractivity contribution < 1.29 is 9.53 Å². The van der Waals surface area contributed by atoms with Gasteiger partial charge in [0.25, 0.3) is 0 Å². The van der Waals surface area contributed by atoms with Crippen molar-refractivity contribution in [2.24, 2.45) is 0 Å². The van der Waals surface area contributed by atoms with Gasteiger partial charge in [-0.2, -0.15) is 0 Å². The molecule has 6 nitrogen and oxygen atoms in total. The molecular weight excluding hydrogens is 388 g/mol. The minimum absolute atomic E-state index is 0.0589. The van der Waals surface area contributed by atoms with Gasteiger partial charge in [-0.1, -0.05) is 0 Å². The highest BCUT2D eigenvalue weighted by atomic mass is 16.5. The van der Waals surface area contributed by atoms with Gasteiger partial charge in [-0.25, -0.2) is 0 Å². The van der Waals surface area contributed by atoms with E-state index in [2.05, 4.69) is 44.3 Å². The van der Waals surface area contributed by atoms with Gasteiger partial charge in [-0.3, -0.25) is 9.69 Å². The maximum atomic E-state index is 12.8. The average Bonchev–Trinajstić information content (AvgIpc) is 2.85. The largest absolute Gasteiger partial charge is 0.497 e. The van der Waals surface area contributed by atoms with Gasteiger partial charge >= 0.3 is 0 Å². The highest BCUT2D eigenvalue weighted by Crippen LogP contribution is 2.23. The van der Waals surface area contributed by atoms with Crippen LogP contribution < -0.4 is 19.9 Å². The molecule has 31 heavy (non-hydrogen) atoms. The van der Waals surface area contributed by atoms with Crippen molar-refractivity contribution in [1.29, 1.82) is 0 Å². The molecule has 0 saturated carbocycles. The van der Waals surface area contributed by atoms with Gasteiger partial charge < -0.3 is 19.9 Å². The smallest absolute Gasteiger partial charge is 0.241 e. The van der Waals surface area contributed by atoms with Gasteiger partial charge in [0.15, 0.2) is 0 Å². The van der Waals surface area contributed by atoms with Crippen LogP contribution in [0.15, 0.2) is 48.5 Å². The maximum absolute atomic E-state index is 12.8. The molecule has 1 atom stereocenters. The Hall–Kier alpha value is -2.73. The molecule has 0 spiro atoms. The van der Waals surface area contributed by atoms with Crippen LogP contribution in [-0.4, -0.2) is 63.2 Å². The summed E-state index contributed by atoms with van der Waals surface area (Å²) in [6, 6.07) is 16.3. The summed E-state index contributed by atoms with van der Waals surface area (Å²) in [6.45, 7) is 7.82. The van der Waals surface area contributed by atoms with Crippen molar-refractivity contribution in [2.75, 3.05) is 61.5 Å². The monoisotopic (exact) mass is 422 g/mol. The number of amides is 1. The molecule has 2 heterocycles. The molecule has 4 rings (SSSR count). The second-order valence-electron chi connectivity index (χ2n) is 8.48. The first-order chi connectivity index (χ1) is 15.1. The minimum atomic E-state index is -0.153. The average molecular weight is 423 g/mol. The number of nitrogens with zero attached hydrogens (tertiary/aromatic N) is 3. The molecule has 2 aliphatic heterocycles. The molecule has 2 aliphatic rings. The van der Waals surface area contributed by atoms with Gasteiger partial charge in [-0.05, 0) is 74.7 Å². The fourth-order valence-electron chi connectivity index (χ4n) is 4.48. The summed E-state index contributed by atoms with van der Waals surface area (Å²) >= 11 is 0. The normalized spacial score (nSPS) is 18.5. The number of hydrogen-bond donors (Lipinski definition) is 1. The van der Waals surface area contributed by atoms with Crippen LogP contribution in [0.3, 0.4) is 0 Å². The van der Waals surface area contributed by atoms with Crippen LogP contribution in [0.1, 0.15) is 26.2 Å². The van der Waals surface area contributed by atoms with Crippen molar-refractivity contribution in [1.82, 2.24) is 4.90 Å². The predicted octanol–water partition coefficient (Wildman–Crippen LogP) is 3.83. The number of benzene rings is 2. The number of methoxy groups -OCH3 is 1. The highest BCUT2D eigenvalue weighted by Gasteiger charge is 2.26. The Labute approximate surface area is 185 Å². The van der Waals surface area contributed by atoms with Gasteiger partial charge in [0.2, 0.25) is 5.91 Å². The Morgan fingerprint density at radius 3 is 1.94 bits per heavy atom. The summed E-state index contributed by atoms with van der Waals surface area (Å²) in [6.07, 6.45) is 3.86. The molecule has 0 aliphatic carbocycles. The quantitative estimate of drug-likeness (QED) is 0.767. The van der Waals surface area contributed by atoms with E-state index in [0.717, 1.165) is 50.7 Å². The van der Waals surface area contributed by atoms with E-state index in [1.165, 1.54) is 30.6 Å². The van der Waals surface area contributed by atoms with Crippen LogP contribution in [0.4, 0.5) is 17.1 Å². The second-order valence-corrected chi connectivity index (χ2v) is 8.48. The van der Waals surface area contributed by atoms with E-state index < -0.39 is 0 Å². The molecule has 2 fully saturated rings. The number of nitrogens with one attached hydrogen (secondary N) is 1. The number of piperidine rings is 1. The van der Waals surface area contributed by atoms with Crippen LogP contribution in [0, 0.1) is 0 Å². The van der Waals surface area contributed by atoms with E-state index in [-0.39, 0.29) is 11.9 Å². The molecule has 2 aromatic rings. The van der Waals surface area contributed by atoms with Crippen molar-refractivity contribution in [2.45, 2.75) is 32.2 Å². The van der Waals surface area contributed by atoms with Crippen LogP contribution >= 0.6 is 0 Å². The van der Waals surface area contributed by atoms with Crippen LogP contribution in [0.25, 0.3) is 0 Å². The van der Waals surface area contributed by atoms with Crippen molar-refractivity contribution in [3.05, 3.63) is 48.5 Å². The lowest BCUT2D eigenvalue weighted by molar-refractivity contribution is -0.120. The van der Waals surface area contributed by atoms with E-state index in [1.54, 1.807) is 7.11 Å². The first kappa shape index (κ1) is 21.5. The Morgan fingerprint density at radius 1 is 0.806 bits per heavy atom. The summed E-state index contributed by atoms with van der Waals surface area (Å²) in [7, 11) is 1.68. The van der Waals surface area contributed by atoms with Crippen LogP contribution in [0.2, 0.25) is 0 Å². The van der Waals surface area contributed by atoms with Crippen molar-refractivity contribution in [3.63, 3.8) is 0 Å². The SMILES string of the molecule is COc1ccc(N2CCN(C(C)C(=O)Nc3ccc(N4CCCCC4)cc3)CC2)cc1. The fraction of sp³-hybridized carbons (Fsp3) is 0.480. The van der Waals surface area contributed by atoms with Gasteiger partial charge in [0.1, 0.15) is 5.75 Å². The second kappa shape index (κ2) is 10.1. The predicted molar refractivity (Wildman–Crippen MR) is 127 cm³/mol. The number of carbonyl (C=O) groups is 1. The summed E-state index contributed by atoms with van der Waals surface area (Å²) in [5, 5.41) is 3.10. The molecule has 1 N–H and O–H groups in total. The molecule has 0 radical (unpaired) electrons. The number of hydrogen-bond acceptors (Lipinski definition) is 5. The summed E-state index contributed by atoms with van der Waals surface area (Å²) < 4.78 is 5.24. The number of ether oxygens (including phenoxy) is 1. The minimum Gasteiger partial charge on any atom is -0.497 e. The lowest BCUT2D eigenvalue weighted by atomic mass is 10.1. The highest BCUT2D eigenvalue weighted by molar-refractivity contribution is 5.94. The van der Waals surface area contributed by atoms with Gasteiger partial charge in [-0.15, -0.1) is 0 Å². The fourth-order valence-corrected chi connectivity index (χ4v) is 4.48. The zero-order chi connectivity index (χ0) is 21.6. The molecule has 6 heteroatoms. The standard InChI is InChI=1S/C25H34N4O2/c1-20(27-16-18-29(19-17-27)23-10-12-24(31-2)13-11-23)25(30)26-21-6-8-22(9-7-21)28-14-4-3-5-15-28/h6-13,20H,3-5,14-19H2,1-2H3,(H,26,30). The van der Waals surface area contributed by atoms with Crippen LogP contribution in [-0.2, 0) is 4.79 Å². The topological polar surface area (TPSA) is 48.1 Å². The summed E-state index contributed by atoms with van der Waals surface area (Å²) in [4.78, 5) is 19.9. The molecule has 0 bridgehead atoms. The third-order valence-electron chi connectivity index (χ3n) is 6.54. The molecule has 1 unspecified atom stereocenters. The number of carbonyl (C=O) groups excluding carboxylic acids is 1. The zero-order valence-corrected chi connectivity index (χ0v) is 18.7. The van der Waals surface area contributed by atoms with Crippen molar-refractivity contribution in [3.8, 4) is 5.75 Å². The third-order valence-corrected chi connectivity index (χ3v) is 6.54. The Balaban J connectivity index is 1.27. The number of anilines is 3. The number of piperazine rings is 1. The van der Waals surface area contributed by atoms with Crippen molar-refractivity contribution >= 4 is 23.0 Å². The van der Waals surface area contributed by atoms with Crippen LogP contribution in [0.5, 0.6) is 5.75 Å². The lowest BCUT2D eigenvalue weighted by Crippen LogP contribution is -2.52. The zero-order valence-electron chi connectivity index (χ0n) is 18.7. The molecular formula is C25H34N4O2. The molecule has 1 amide bonds. The number of rotatable bonds is 6. The molecule has 166 valence electrons. The van der Waals surface area contributed by atoms with E-state index in [0.29, 0.717) is 0 Å². The summed E-state index contributed by atoms with van der Waals surface area (Å²) in [5.74, 6) is 0.931. The molecule has 2 aromatic carbocycles. The first-order valence-electron chi connectivity index (χ1n) is 11.4. The first-order valence-corrected chi connectivity index (χ1v) is 11.4. The van der Waals surface area contributed by atoms with E-state index in [1.807, 2.05) is 31.2 Å². The Kier molecular flexibility index (Phi) is 6.97. The van der Waals surface area contributed by atoms with Gasteiger partial charge in [0, 0.05) is 56.3 Å². The van der Waals surface area contributed by atoms with E-state index >= 15 is 0 Å². The van der Waals surface area contributed by atoms with E-state index in [9.17, 15) is 4.79 Å². The Morgan fingerprint density at radius 2 is 1.35 bits per heavy atom. The summed E-state index contributed by atoms with van der Waals surface area (Å²) in [5.41, 5.74) is 3.32. The molecule has 0 aromatic heterocycles. The maximum Gasteiger partial charge on any atom is 0.241 e. The Bertz CT molecular complexity index is 839.